The van der Waals surface area contributed by atoms with E-state index in [2.05, 4.69) is 22.5 Å². The minimum atomic E-state index is -1.21. The molecule has 0 atom stereocenters. The smallest absolute Gasteiger partial charge is 0.341 e. The van der Waals surface area contributed by atoms with Gasteiger partial charge in [-0.3, -0.25) is 4.79 Å². The van der Waals surface area contributed by atoms with Crippen molar-refractivity contribution in [3.05, 3.63) is 68.9 Å². The summed E-state index contributed by atoms with van der Waals surface area (Å²) in [4.78, 5) is 23.3. The molecule has 0 unspecified atom stereocenters. The van der Waals surface area contributed by atoms with Crippen LogP contribution in [0.15, 0.2) is 52.3 Å². The number of carbonyl (C=O) groups is 1. The molecular weight excluding hydrogens is 334 g/mol. The van der Waals surface area contributed by atoms with Crippen LogP contribution in [0.1, 0.15) is 16.1 Å². The lowest BCUT2D eigenvalue weighted by atomic mass is 10.1. The molecule has 0 spiro atoms. The van der Waals surface area contributed by atoms with E-state index in [0.29, 0.717) is 17.9 Å². The van der Waals surface area contributed by atoms with Crippen LogP contribution in [0.2, 0.25) is 0 Å². The van der Waals surface area contributed by atoms with E-state index < -0.39 is 11.4 Å². The van der Waals surface area contributed by atoms with E-state index in [1.807, 2.05) is 24.3 Å². The van der Waals surface area contributed by atoms with Gasteiger partial charge in [-0.1, -0.05) is 34.1 Å². The zero-order valence-corrected chi connectivity index (χ0v) is 13.1. The number of benzene rings is 1. The first-order valence-electron chi connectivity index (χ1n) is 6.30. The summed E-state index contributed by atoms with van der Waals surface area (Å²) >= 11 is 3.36. The summed E-state index contributed by atoms with van der Waals surface area (Å²) in [7, 11) is 0. The van der Waals surface area contributed by atoms with Gasteiger partial charge in [-0.15, -0.1) is 6.58 Å². The Morgan fingerprint density at radius 3 is 2.52 bits per heavy atom. The van der Waals surface area contributed by atoms with E-state index in [0.717, 1.165) is 10.0 Å². The molecule has 0 radical (unpaired) electrons. The number of nitrogens with zero attached hydrogens (tertiary/aromatic N) is 1. The van der Waals surface area contributed by atoms with Gasteiger partial charge in [0, 0.05) is 22.8 Å². The lowest BCUT2D eigenvalue weighted by molar-refractivity contribution is 0.0693. The van der Waals surface area contributed by atoms with Crippen LogP contribution in [0.3, 0.4) is 0 Å². The number of aromatic nitrogens is 1. The standard InChI is InChI=1S/C16H14BrNO3/c1-3-8-18-10(2)15(16(20)21)14(19)9-13(18)11-4-6-12(17)7-5-11/h3-7,9H,1,8H2,2H3,(H,20,21). The summed E-state index contributed by atoms with van der Waals surface area (Å²) in [5, 5.41) is 9.19. The summed E-state index contributed by atoms with van der Waals surface area (Å²) in [5.41, 5.74) is 1.26. The molecule has 0 saturated heterocycles. The number of carboxylic acids is 1. The third kappa shape index (κ3) is 2.97. The summed E-state index contributed by atoms with van der Waals surface area (Å²) in [6.07, 6.45) is 1.67. The van der Waals surface area contributed by atoms with E-state index >= 15 is 0 Å². The molecule has 0 bridgehead atoms. The van der Waals surface area contributed by atoms with E-state index in [1.165, 1.54) is 6.07 Å². The average Bonchev–Trinajstić information content (AvgIpc) is 2.42. The number of rotatable bonds is 4. The van der Waals surface area contributed by atoms with E-state index in [9.17, 15) is 14.7 Å². The Morgan fingerprint density at radius 2 is 2.00 bits per heavy atom. The van der Waals surface area contributed by atoms with Gasteiger partial charge in [0.1, 0.15) is 5.56 Å². The normalized spacial score (nSPS) is 10.4. The number of hydrogen-bond acceptors (Lipinski definition) is 2. The molecule has 1 aromatic carbocycles. The van der Waals surface area contributed by atoms with Crippen LogP contribution in [-0.4, -0.2) is 15.6 Å². The molecule has 1 N–H and O–H groups in total. The maximum atomic E-state index is 12.1. The molecule has 5 heteroatoms. The Morgan fingerprint density at radius 1 is 1.38 bits per heavy atom. The van der Waals surface area contributed by atoms with Crippen LogP contribution >= 0.6 is 15.9 Å². The van der Waals surface area contributed by atoms with Crippen LogP contribution < -0.4 is 5.43 Å². The molecule has 0 aliphatic heterocycles. The average molecular weight is 348 g/mol. The minimum absolute atomic E-state index is 0.197. The Hall–Kier alpha value is -2.14. The lowest BCUT2D eigenvalue weighted by Crippen LogP contribution is -2.22. The van der Waals surface area contributed by atoms with Gasteiger partial charge in [0.25, 0.3) is 0 Å². The summed E-state index contributed by atoms with van der Waals surface area (Å²) in [6.45, 7) is 5.75. The highest BCUT2D eigenvalue weighted by Gasteiger charge is 2.18. The van der Waals surface area contributed by atoms with Crippen LogP contribution in [0.4, 0.5) is 0 Å². The molecule has 4 nitrogen and oxygen atoms in total. The van der Waals surface area contributed by atoms with E-state index in [-0.39, 0.29) is 5.56 Å². The Kier molecular flexibility index (Phi) is 4.43. The number of halogens is 1. The van der Waals surface area contributed by atoms with E-state index in [1.54, 1.807) is 17.6 Å². The van der Waals surface area contributed by atoms with Gasteiger partial charge < -0.3 is 9.67 Å². The maximum Gasteiger partial charge on any atom is 0.341 e. The quantitative estimate of drug-likeness (QED) is 0.861. The second kappa shape index (κ2) is 6.10. The van der Waals surface area contributed by atoms with Crippen molar-refractivity contribution < 1.29 is 9.90 Å². The van der Waals surface area contributed by atoms with Crippen molar-refractivity contribution in [3.63, 3.8) is 0 Å². The first kappa shape index (κ1) is 15.3. The highest BCUT2D eigenvalue weighted by Crippen LogP contribution is 2.23. The van der Waals surface area contributed by atoms with Crippen molar-refractivity contribution in [1.29, 1.82) is 0 Å². The lowest BCUT2D eigenvalue weighted by Gasteiger charge is -2.17. The van der Waals surface area contributed by atoms with Crippen molar-refractivity contribution in [2.45, 2.75) is 13.5 Å². The van der Waals surface area contributed by atoms with Gasteiger partial charge in [-0.05, 0) is 24.6 Å². The van der Waals surface area contributed by atoms with Crippen molar-refractivity contribution in [3.8, 4) is 11.3 Å². The number of hydrogen-bond donors (Lipinski definition) is 1. The first-order valence-corrected chi connectivity index (χ1v) is 7.09. The summed E-state index contributed by atoms with van der Waals surface area (Å²) in [5.74, 6) is -1.21. The predicted octanol–water partition coefficient (Wildman–Crippen LogP) is 3.47. The Labute approximate surface area is 130 Å². The highest BCUT2D eigenvalue weighted by atomic mass is 79.9. The number of aromatic carboxylic acids is 1. The molecule has 2 aromatic rings. The third-order valence-electron chi connectivity index (χ3n) is 3.24. The molecule has 0 aliphatic rings. The van der Waals surface area contributed by atoms with Crippen molar-refractivity contribution in [1.82, 2.24) is 4.57 Å². The molecule has 0 fully saturated rings. The van der Waals surface area contributed by atoms with Gasteiger partial charge in [0.05, 0.1) is 5.69 Å². The molecule has 21 heavy (non-hydrogen) atoms. The molecule has 1 aromatic heterocycles. The zero-order chi connectivity index (χ0) is 15.6. The van der Waals surface area contributed by atoms with Gasteiger partial charge in [0.15, 0.2) is 5.43 Å². The fraction of sp³-hybridized carbons (Fsp3) is 0.125. The van der Waals surface area contributed by atoms with Gasteiger partial charge >= 0.3 is 5.97 Å². The number of carboxylic acid groups (broad SMARTS) is 1. The molecular formula is C16H14BrNO3. The monoisotopic (exact) mass is 347 g/mol. The Balaban J connectivity index is 2.76. The SMILES string of the molecule is C=CCn1c(-c2ccc(Br)cc2)cc(=O)c(C(=O)O)c1C. The number of allylic oxidation sites excluding steroid dienone is 1. The zero-order valence-electron chi connectivity index (χ0n) is 11.5. The third-order valence-corrected chi connectivity index (χ3v) is 3.77. The van der Waals surface area contributed by atoms with Crippen molar-refractivity contribution in [2.24, 2.45) is 0 Å². The van der Waals surface area contributed by atoms with Crippen molar-refractivity contribution in [2.75, 3.05) is 0 Å². The molecule has 0 aliphatic carbocycles. The van der Waals surface area contributed by atoms with Crippen LogP contribution in [0.25, 0.3) is 11.3 Å². The first-order chi connectivity index (χ1) is 9.95. The van der Waals surface area contributed by atoms with Crippen LogP contribution in [0.5, 0.6) is 0 Å². The fourth-order valence-electron chi connectivity index (χ4n) is 2.25. The van der Waals surface area contributed by atoms with E-state index in [4.69, 9.17) is 0 Å². The second-order valence-electron chi connectivity index (χ2n) is 4.57. The molecule has 2 rings (SSSR count). The molecule has 1 heterocycles. The minimum Gasteiger partial charge on any atom is -0.477 e. The molecule has 0 amide bonds. The molecule has 108 valence electrons. The van der Waals surface area contributed by atoms with Gasteiger partial charge in [-0.2, -0.15) is 0 Å². The molecule has 0 saturated carbocycles. The maximum absolute atomic E-state index is 12.1. The highest BCUT2D eigenvalue weighted by molar-refractivity contribution is 9.10. The van der Waals surface area contributed by atoms with Gasteiger partial charge in [-0.25, -0.2) is 4.79 Å². The van der Waals surface area contributed by atoms with Crippen molar-refractivity contribution >= 4 is 21.9 Å². The largest absolute Gasteiger partial charge is 0.477 e. The fourth-order valence-corrected chi connectivity index (χ4v) is 2.52. The topological polar surface area (TPSA) is 59.3 Å². The summed E-state index contributed by atoms with van der Waals surface area (Å²) < 4.78 is 2.71. The predicted molar refractivity (Wildman–Crippen MR) is 85.7 cm³/mol. The van der Waals surface area contributed by atoms with Crippen LogP contribution in [0, 0.1) is 6.92 Å². The summed E-state index contributed by atoms with van der Waals surface area (Å²) in [6, 6.07) is 8.86. The van der Waals surface area contributed by atoms with Crippen LogP contribution in [-0.2, 0) is 6.54 Å². The Bertz CT molecular complexity index is 760. The number of pyridine rings is 1. The van der Waals surface area contributed by atoms with Gasteiger partial charge in [0.2, 0.25) is 0 Å². The second-order valence-corrected chi connectivity index (χ2v) is 5.48.